The predicted octanol–water partition coefficient (Wildman–Crippen LogP) is 3.59. The highest BCUT2D eigenvalue weighted by Crippen LogP contribution is 2.32. The monoisotopic (exact) mass is 392 g/mol. The van der Waals surface area contributed by atoms with Gasteiger partial charge in [0.25, 0.3) is 0 Å². The highest BCUT2D eigenvalue weighted by molar-refractivity contribution is 7.14. The smallest absolute Gasteiger partial charge is 0.230 e. The molecule has 0 spiro atoms. The molecule has 1 aliphatic rings. The van der Waals surface area contributed by atoms with Crippen molar-refractivity contribution in [3.63, 3.8) is 0 Å². The third-order valence-corrected chi connectivity index (χ3v) is 6.48. The molecule has 3 aromatic rings. The number of hydrogen-bond donors (Lipinski definition) is 1. The van der Waals surface area contributed by atoms with Crippen LogP contribution < -0.4 is 9.80 Å². The van der Waals surface area contributed by atoms with Crippen LogP contribution in [0, 0.1) is 13.8 Å². The van der Waals surface area contributed by atoms with Crippen LogP contribution in [-0.2, 0) is 24.3 Å². The molecule has 144 valence electrons. The lowest BCUT2D eigenvalue weighted by Crippen LogP contribution is -3.10. The van der Waals surface area contributed by atoms with Crippen LogP contribution in [0.25, 0.3) is 0 Å². The van der Waals surface area contributed by atoms with E-state index in [1.165, 1.54) is 21.6 Å². The topological polar surface area (TPSA) is 37.6 Å². The van der Waals surface area contributed by atoms with E-state index in [9.17, 15) is 4.79 Å². The number of aromatic nitrogens is 1. The molecular formula is C23H26N3OS+. The van der Waals surface area contributed by atoms with Gasteiger partial charge < -0.3 is 4.90 Å². The number of hydrogen-bond acceptors (Lipinski definition) is 3. The summed E-state index contributed by atoms with van der Waals surface area (Å²) in [5.41, 5.74) is 7.20. The Morgan fingerprint density at radius 3 is 2.71 bits per heavy atom. The number of benzene rings is 2. The molecule has 5 heteroatoms. The van der Waals surface area contributed by atoms with Gasteiger partial charge in [-0.05, 0) is 36.6 Å². The van der Waals surface area contributed by atoms with Crippen LogP contribution in [0.2, 0.25) is 0 Å². The van der Waals surface area contributed by atoms with Crippen LogP contribution in [-0.4, -0.2) is 17.4 Å². The normalized spacial score (nSPS) is 15.9. The molecule has 1 atom stereocenters. The van der Waals surface area contributed by atoms with E-state index in [2.05, 4.69) is 49.6 Å². The number of thiazole rings is 1. The standard InChI is InChI=1S/C23H25N3OS/c1-16-7-6-10-22(17(16)2)26(18(3)27)23-24-21(15-28-23)14-25-12-11-19-8-4-5-9-20(19)13-25/h4-10,15H,11-14H2,1-3H3/p+1. The van der Waals surface area contributed by atoms with Gasteiger partial charge in [0, 0.05) is 24.3 Å². The molecule has 0 saturated carbocycles. The average molecular weight is 393 g/mol. The Morgan fingerprint density at radius 1 is 1.14 bits per heavy atom. The molecule has 1 aliphatic heterocycles. The fourth-order valence-corrected chi connectivity index (χ4v) is 4.80. The summed E-state index contributed by atoms with van der Waals surface area (Å²) in [4.78, 5) is 20.5. The van der Waals surface area contributed by atoms with Crippen molar-refractivity contribution in [1.82, 2.24) is 4.98 Å². The third kappa shape index (κ3) is 3.73. The molecule has 4 nitrogen and oxygen atoms in total. The van der Waals surface area contributed by atoms with Gasteiger partial charge in [-0.25, -0.2) is 4.98 Å². The SMILES string of the molecule is CC(=O)N(c1nc(C[NH+]2CCc3ccccc3C2)cs1)c1cccc(C)c1C. The molecule has 0 aliphatic carbocycles. The van der Waals surface area contributed by atoms with E-state index < -0.39 is 0 Å². The second kappa shape index (κ2) is 7.86. The number of carbonyl (C=O) groups is 1. The van der Waals surface area contributed by atoms with Crippen molar-refractivity contribution in [3.8, 4) is 0 Å². The van der Waals surface area contributed by atoms with Crippen molar-refractivity contribution in [1.29, 1.82) is 0 Å². The van der Waals surface area contributed by atoms with Gasteiger partial charge in [0.05, 0.1) is 12.2 Å². The third-order valence-electron chi connectivity index (χ3n) is 5.60. The lowest BCUT2D eigenvalue weighted by molar-refractivity contribution is -0.929. The van der Waals surface area contributed by atoms with E-state index in [0.717, 1.165) is 48.1 Å². The number of fused-ring (bicyclic) bond motifs is 1. The molecule has 4 rings (SSSR count). The van der Waals surface area contributed by atoms with E-state index in [-0.39, 0.29) is 5.91 Å². The number of aryl methyl sites for hydroxylation is 1. The molecular weight excluding hydrogens is 366 g/mol. The van der Waals surface area contributed by atoms with Gasteiger partial charge in [-0.15, -0.1) is 11.3 Å². The maximum atomic E-state index is 12.4. The Hall–Kier alpha value is -2.50. The zero-order valence-corrected chi connectivity index (χ0v) is 17.5. The Morgan fingerprint density at radius 2 is 1.93 bits per heavy atom. The summed E-state index contributed by atoms with van der Waals surface area (Å²) in [7, 11) is 0. The fourth-order valence-electron chi connectivity index (χ4n) is 3.92. The molecule has 2 aromatic carbocycles. The van der Waals surface area contributed by atoms with Crippen molar-refractivity contribution in [2.24, 2.45) is 0 Å². The van der Waals surface area contributed by atoms with Gasteiger partial charge in [-0.3, -0.25) is 9.69 Å². The minimum absolute atomic E-state index is 0.00570. The fraction of sp³-hybridized carbons (Fsp3) is 0.304. The van der Waals surface area contributed by atoms with Gasteiger partial charge in [-0.1, -0.05) is 36.4 Å². The number of rotatable bonds is 4. The van der Waals surface area contributed by atoms with Gasteiger partial charge in [-0.2, -0.15) is 0 Å². The maximum Gasteiger partial charge on any atom is 0.230 e. The molecule has 0 bridgehead atoms. The number of quaternary nitrogens is 1. The molecule has 0 fully saturated rings. The molecule has 28 heavy (non-hydrogen) atoms. The number of nitrogens with one attached hydrogen (secondary N) is 1. The van der Waals surface area contributed by atoms with Gasteiger partial charge in [0.2, 0.25) is 5.91 Å². The minimum Gasteiger partial charge on any atom is -0.326 e. The second-order valence-electron chi connectivity index (χ2n) is 7.57. The zero-order chi connectivity index (χ0) is 19.7. The number of amides is 1. The minimum atomic E-state index is -0.00570. The quantitative estimate of drug-likeness (QED) is 0.737. The lowest BCUT2D eigenvalue weighted by atomic mass is 10.00. The molecule has 0 saturated heterocycles. The van der Waals surface area contributed by atoms with Crippen molar-refractivity contribution in [3.05, 3.63) is 75.8 Å². The summed E-state index contributed by atoms with van der Waals surface area (Å²) in [6.07, 6.45) is 1.12. The summed E-state index contributed by atoms with van der Waals surface area (Å²) >= 11 is 1.55. The zero-order valence-electron chi connectivity index (χ0n) is 16.7. The molecule has 1 N–H and O–H groups in total. The van der Waals surface area contributed by atoms with E-state index >= 15 is 0 Å². The first-order valence-electron chi connectivity index (χ1n) is 9.74. The summed E-state index contributed by atoms with van der Waals surface area (Å²) in [5, 5.41) is 2.86. The van der Waals surface area contributed by atoms with E-state index in [0.29, 0.717) is 0 Å². The highest BCUT2D eigenvalue weighted by Gasteiger charge is 2.23. The molecule has 2 heterocycles. The summed E-state index contributed by atoms with van der Waals surface area (Å²) in [5.74, 6) is -0.00570. The average Bonchev–Trinajstić information content (AvgIpc) is 3.13. The van der Waals surface area contributed by atoms with Crippen LogP contribution in [0.5, 0.6) is 0 Å². The Labute approximate surface area is 170 Å². The van der Waals surface area contributed by atoms with Crippen LogP contribution in [0.15, 0.2) is 47.8 Å². The van der Waals surface area contributed by atoms with E-state index in [4.69, 9.17) is 4.98 Å². The highest BCUT2D eigenvalue weighted by atomic mass is 32.1. The van der Waals surface area contributed by atoms with Crippen molar-refractivity contribution < 1.29 is 9.69 Å². The van der Waals surface area contributed by atoms with Gasteiger partial charge in [0.1, 0.15) is 18.8 Å². The van der Waals surface area contributed by atoms with Crippen molar-refractivity contribution in [2.45, 2.75) is 40.3 Å². The maximum absolute atomic E-state index is 12.4. The Kier molecular flexibility index (Phi) is 5.29. The number of nitrogens with zero attached hydrogens (tertiary/aromatic N) is 2. The first-order valence-corrected chi connectivity index (χ1v) is 10.6. The van der Waals surface area contributed by atoms with E-state index in [1.807, 2.05) is 12.1 Å². The van der Waals surface area contributed by atoms with Gasteiger partial charge >= 0.3 is 0 Å². The number of anilines is 2. The largest absolute Gasteiger partial charge is 0.326 e. The number of carbonyl (C=O) groups excluding carboxylic acids is 1. The summed E-state index contributed by atoms with van der Waals surface area (Å²) in [6, 6.07) is 14.8. The molecule has 1 aromatic heterocycles. The van der Waals surface area contributed by atoms with Crippen LogP contribution in [0.4, 0.5) is 10.8 Å². The summed E-state index contributed by atoms with van der Waals surface area (Å²) < 4.78 is 0. The van der Waals surface area contributed by atoms with Crippen LogP contribution in [0.1, 0.15) is 34.9 Å². The van der Waals surface area contributed by atoms with Crippen molar-refractivity contribution in [2.75, 3.05) is 11.4 Å². The molecule has 1 unspecified atom stereocenters. The summed E-state index contributed by atoms with van der Waals surface area (Å²) in [6.45, 7) is 8.79. The predicted molar refractivity (Wildman–Crippen MR) is 114 cm³/mol. The van der Waals surface area contributed by atoms with Crippen LogP contribution >= 0.6 is 11.3 Å². The van der Waals surface area contributed by atoms with Crippen molar-refractivity contribution >= 4 is 28.1 Å². The second-order valence-corrected chi connectivity index (χ2v) is 8.40. The van der Waals surface area contributed by atoms with Gasteiger partial charge in [0.15, 0.2) is 5.13 Å². The lowest BCUT2D eigenvalue weighted by Gasteiger charge is -2.25. The van der Waals surface area contributed by atoms with E-state index in [1.54, 1.807) is 23.2 Å². The molecule has 1 amide bonds. The Balaban J connectivity index is 1.55. The molecule has 0 radical (unpaired) electrons. The first-order chi connectivity index (χ1) is 13.5. The first kappa shape index (κ1) is 18.8. The Bertz CT molecular complexity index is 1010. The van der Waals surface area contributed by atoms with Crippen LogP contribution in [0.3, 0.4) is 0 Å².